The van der Waals surface area contributed by atoms with Gasteiger partial charge >= 0.3 is 6.03 Å². The van der Waals surface area contributed by atoms with Gasteiger partial charge in [-0.15, -0.1) is 0 Å². The van der Waals surface area contributed by atoms with Crippen molar-refractivity contribution in [2.45, 2.75) is 13.0 Å². The highest BCUT2D eigenvalue weighted by Gasteiger charge is 2.17. The molecule has 0 bridgehead atoms. The molecule has 3 amide bonds. The Morgan fingerprint density at radius 1 is 1.44 bits per heavy atom. The zero-order valence-electron chi connectivity index (χ0n) is 9.79. The molecule has 0 radical (unpaired) electrons. The van der Waals surface area contributed by atoms with Gasteiger partial charge in [-0.05, 0) is 41.1 Å². The zero-order valence-corrected chi connectivity index (χ0v) is 11.4. The van der Waals surface area contributed by atoms with Gasteiger partial charge in [0.1, 0.15) is 11.6 Å². The summed E-state index contributed by atoms with van der Waals surface area (Å²) in [4.78, 5) is 22.4. The second kappa shape index (κ2) is 6.34. The molecule has 98 valence electrons. The molecule has 0 saturated carbocycles. The molecular formula is C11H12BrFN2O3. The topological polar surface area (TPSA) is 67.4 Å². The minimum Gasteiger partial charge on any atom is -0.481 e. The third-order valence-corrected chi connectivity index (χ3v) is 2.64. The van der Waals surface area contributed by atoms with Gasteiger partial charge in [0.25, 0.3) is 5.91 Å². The predicted molar refractivity (Wildman–Crippen MR) is 66.8 cm³/mol. The van der Waals surface area contributed by atoms with Gasteiger partial charge in [-0.25, -0.2) is 9.18 Å². The second-order valence-corrected chi connectivity index (χ2v) is 4.26. The van der Waals surface area contributed by atoms with Gasteiger partial charge < -0.3 is 10.1 Å². The highest BCUT2D eigenvalue weighted by atomic mass is 79.9. The van der Waals surface area contributed by atoms with E-state index < -0.39 is 23.9 Å². The van der Waals surface area contributed by atoms with Gasteiger partial charge in [0.05, 0.1) is 4.47 Å². The Morgan fingerprint density at radius 2 is 2.11 bits per heavy atom. The van der Waals surface area contributed by atoms with Crippen LogP contribution in [0.2, 0.25) is 0 Å². The summed E-state index contributed by atoms with van der Waals surface area (Å²) in [6, 6.07) is 3.39. The Hall–Kier alpha value is -1.63. The van der Waals surface area contributed by atoms with E-state index in [0.29, 0.717) is 5.75 Å². The fourth-order valence-corrected chi connectivity index (χ4v) is 1.44. The fourth-order valence-electron chi connectivity index (χ4n) is 1.08. The van der Waals surface area contributed by atoms with E-state index in [1.165, 1.54) is 32.2 Å². The van der Waals surface area contributed by atoms with Gasteiger partial charge in [0.15, 0.2) is 6.10 Å². The highest BCUT2D eigenvalue weighted by molar-refractivity contribution is 9.10. The minimum atomic E-state index is -0.875. The van der Waals surface area contributed by atoms with Crippen molar-refractivity contribution in [1.82, 2.24) is 10.6 Å². The number of rotatable bonds is 3. The van der Waals surface area contributed by atoms with Crippen molar-refractivity contribution in [3.8, 4) is 5.75 Å². The van der Waals surface area contributed by atoms with Gasteiger partial charge in [-0.3, -0.25) is 10.1 Å². The summed E-state index contributed by atoms with van der Waals surface area (Å²) in [5.41, 5.74) is 0. The van der Waals surface area contributed by atoms with Crippen molar-refractivity contribution < 1.29 is 18.7 Å². The van der Waals surface area contributed by atoms with Crippen LogP contribution in [0, 0.1) is 5.82 Å². The van der Waals surface area contributed by atoms with Crippen molar-refractivity contribution >= 4 is 27.9 Å². The number of benzene rings is 1. The van der Waals surface area contributed by atoms with E-state index in [1.807, 2.05) is 0 Å². The molecule has 1 unspecified atom stereocenters. The van der Waals surface area contributed by atoms with Crippen LogP contribution < -0.4 is 15.4 Å². The normalized spacial score (nSPS) is 11.6. The monoisotopic (exact) mass is 318 g/mol. The standard InChI is InChI=1S/C11H12BrFN2O3/c1-6(10(16)15-11(17)14-2)18-7-3-4-9(13)8(12)5-7/h3-6H,1-2H3,(H2,14,15,16,17). The fraction of sp³-hybridized carbons (Fsp3) is 0.273. The van der Waals surface area contributed by atoms with E-state index in [0.717, 1.165) is 0 Å². The summed E-state index contributed by atoms with van der Waals surface area (Å²) < 4.78 is 18.5. The third-order valence-electron chi connectivity index (χ3n) is 2.04. The molecule has 1 rings (SSSR count). The molecule has 2 N–H and O–H groups in total. The number of imide groups is 1. The van der Waals surface area contributed by atoms with Gasteiger partial charge in [0, 0.05) is 7.05 Å². The summed E-state index contributed by atoms with van der Waals surface area (Å²) in [6.45, 7) is 1.48. The lowest BCUT2D eigenvalue weighted by Gasteiger charge is -2.14. The number of hydrogen-bond donors (Lipinski definition) is 2. The van der Waals surface area contributed by atoms with E-state index in [1.54, 1.807) is 0 Å². The molecule has 7 heteroatoms. The van der Waals surface area contributed by atoms with Crippen LogP contribution in [0.15, 0.2) is 22.7 Å². The molecule has 0 spiro atoms. The summed E-state index contributed by atoms with van der Waals surface area (Å²) in [6.07, 6.45) is -0.875. The highest BCUT2D eigenvalue weighted by Crippen LogP contribution is 2.22. The van der Waals surface area contributed by atoms with Crippen LogP contribution in [0.4, 0.5) is 9.18 Å². The molecule has 0 aromatic heterocycles. The van der Waals surface area contributed by atoms with Crippen molar-refractivity contribution in [2.75, 3.05) is 7.05 Å². The summed E-state index contributed by atoms with van der Waals surface area (Å²) in [5, 5.41) is 4.32. The first-order valence-corrected chi connectivity index (χ1v) is 5.87. The predicted octanol–water partition coefficient (Wildman–Crippen LogP) is 1.81. The first-order valence-electron chi connectivity index (χ1n) is 5.08. The van der Waals surface area contributed by atoms with Crippen LogP contribution in [0.3, 0.4) is 0 Å². The lowest BCUT2D eigenvalue weighted by Crippen LogP contribution is -2.43. The molecule has 5 nitrogen and oxygen atoms in total. The maximum atomic E-state index is 13.0. The number of amides is 3. The molecule has 18 heavy (non-hydrogen) atoms. The molecule has 0 fully saturated rings. The van der Waals surface area contributed by atoms with Crippen LogP contribution in [-0.2, 0) is 4.79 Å². The SMILES string of the molecule is CNC(=O)NC(=O)C(C)Oc1ccc(F)c(Br)c1. The first-order chi connectivity index (χ1) is 8.43. The Morgan fingerprint density at radius 3 is 2.67 bits per heavy atom. The van der Waals surface area contributed by atoms with Crippen LogP contribution in [0.25, 0.3) is 0 Å². The first kappa shape index (κ1) is 14.4. The molecule has 1 aromatic rings. The largest absolute Gasteiger partial charge is 0.481 e. The Kier molecular flexibility index (Phi) is 5.08. The average Bonchev–Trinajstić information content (AvgIpc) is 2.33. The van der Waals surface area contributed by atoms with E-state index in [9.17, 15) is 14.0 Å². The maximum Gasteiger partial charge on any atom is 0.321 e. The molecular weight excluding hydrogens is 307 g/mol. The van der Waals surface area contributed by atoms with Gasteiger partial charge in [-0.1, -0.05) is 0 Å². The molecule has 1 atom stereocenters. The number of urea groups is 1. The van der Waals surface area contributed by atoms with E-state index >= 15 is 0 Å². The van der Waals surface area contributed by atoms with Crippen LogP contribution in [0.5, 0.6) is 5.75 Å². The van der Waals surface area contributed by atoms with E-state index in [4.69, 9.17) is 4.74 Å². The summed E-state index contributed by atoms with van der Waals surface area (Å²) in [5.74, 6) is -0.692. The number of nitrogens with one attached hydrogen (secondary N) is 2. The number of carbonyl (C=O) groups is 2. The van der Waals surface area contributed by atoms with Crippen molar-refractivity contribution in [2.24, 2.45) is 0 Å². The quantitative estimate of drug-likeness (QED) is 0.893. The van der Waals surface area contributed by atoms with E-state index in [2.05, 4.69) is 26.6 Å². The van der Waals surface area contributed by atoms with Crippen molar-refractivity contribution in [1.29, 1.82) is 0 Å². The molecule has 0 aliphatic heterocycles. The molecule has 0 saturated heterocycles. The zero-order chi connectivity index (χ0) is 13.7. The summed E-state index contributed by atoms with van der Waals surface area (Å²) in [7, 11) is 1.39. The molecule has 0 aliphatic carbocycles. The average molecular weight is 319 g/mol. The Bertz CT molecular complexity index is 468. The second-order valence-electron chi connectivity index (χ2n) is 3.40. The molecule has 0 aliphatic rings. The van der Waals surface area contributed by atoms with Crippen molar-refractivity contribution in [3.05, 3.63) is 28.5 Å². The lowest BCUT2D eigenvalue weighted by atomic mass is 10.3. The van der Waals surface area contributed by atoms with Crippen LogP contribution in [0.1, 0.15) is 6.92 Å². The van der Waals surface area contributed by atoms with Gasteiger partial charge in [0.2, 0.25) is 0 Å². The number of hydrogen-bond acceptors (Lipinski definition) is 3. The molecule has 1 aromatic carbocycles. The Labute approximate surface area is 112 Å². The third kappa shape index (κ3) is 3.99. The van der Waals surface area contributed by atoms with Crippen LogP contribution in [-0.4, -0.2) is 25.1 Å². The number of carbonyl (C=O) groups excluding carboxylic acids is 2. The van der Waals surface area contributed by atoms with Crippen LogP contribution >= 0.6 is 15.9 Å². The Balaban J connectivity index is 2.63. The number of halogens is 2. The summed E-state index contributed by atoms with van der Waals surface area (Å²) >= 11 is 3.00. The number of ether oxygens (including phenoxy) is 1. The van der Waals surface area contributed by atoms with E-state index in [-0.39, 0.29) is 4.47 Å². The smallest absolute Gasteiger partial charge is 0.321 e. The molecule has 0 heterocycles. The lowest BCUT2D eigenvalue weighted by molar-refractivity contribution is -0.126. The van der Waals surface area contributed by atoms with Gasteiger partial charge in [-0.2, -0.15) is 0 Å². The minimum absolute atomic E-state index is 0.235. The van der Waals surface area contributed by atoms with Crippen molar-refractivity contribution in [3.63, 3.8) is 0 Å². The maximum absolute atomic E-state index is 13.0.